The van der Waals surface area contributed by atoms with Crippen molar-refractivity contribution in [3.8, 4) is 0 Å². The number of hydrogen-bond acceptors (Lipinski definition) is 3. The zero-order valence-corrected chi connectivity index (χ0v) is 11.6. The maximum atomic E-state index is 13.5. The molecule has 20 heavy (non-hydrogen) atoms. The number of nitrogens with one attached hydrogen (secondary N) is 1. The van der Waals surface area contributed by atoms with E-state index in [1.54, 1.807) is 6.07 Å². The second kappa shape index (κ2) is 5.05. The van der Waals surface area contributed by atoms with Crippen molar-refractivity contribution in [3.05, 3.63) is 29.6 Å². The number of fused-ring (bicyclic) bond motifs is 1. The van der Waals surface area contributed by atoms with Crippen LogP contribution < -0.4 is 16.0 Å². The van der Waals surface area contributed by atoms with Crippen molar-refractivity contribution in [1.82, 2.24) is 5.32 Å². The third kappa shape index (κ3) is 2.16. The number of benzene rings is 1. The molecule has 0 radical (unpaired) electrons. The Bertz CT molecular complexity index is 532. The van der Waals surface area contributed by atoms with Gasteiger partial charge in [-0.2, -0.15) is 0 Å². The fourth-order valence-electron chi connectivity index (χ4n) is 3.40. The highest BCUT2D eigenvalue weighted by molar-refractivity contribution is 5.83. The molecule has 2 heterocycles. The Kier molecular flexibility index (Phi) is 3.38. The van der Waals surface area contributed by atoms with Gasteiger partial charge >= 0.3 is 0 Å². The summed E-state index contributed by atoms with van der Waals surface area (Å²) in [6, 6.07) is 4.70. The second-order valence-corrected chi connectivity index (χ2v) is 5.75. The van der Waals surface area contributed by atoms with E-state index in [0.29, 0.717) is 6.54 Å². The molecule has 3 N–H and O–H groups in total. The molecule has 0 aliphatic carbocycles. The van der Waals surface area contributed by atoms with E-state index < -0.39 is 0 Å². The van der Waals surface area contributed by atoms with Crippen molar-refractivity contribution >= 4 is 11.6 Å². The molecule has 2 aliphatic heterocycles. The van der Waals surface area contributed by atoms with Gasteiger partial charge in [0.25, 0.3) is 0 Å². The molecule has 2 fully saturated rings. The molecule has 2 aliphatic rings. The van der Waals surface area contributed by atoms with Crippen molar-refractivity contribution in [1.29, 1.82) is 0 Å². The van der Waals surface area contributed by atoms with Crippen molar-refractivity contribution in [2.45, 2.75) is 31.8 Å². The van der Waals surface area contributed by atoms with Crippen LogP contribution in [0.5, 0.6) is 0 Å². The first-order chi connectivity index (χ1) is 9.58. The maximum Gasteiger partial charge on any atom is 0.225 e. The normalized spacial score (nSPS) is 27.1. The van der Waals surface area contributed by atoms with Crippen LogP contribution in [0.3, 0.4) is 0 Å². The Morgan fingerprint density at radius 3 is 3.05 bits per heavy atom. The number of amides is 1. The summed E-state index contributed by atoms with van der Waals surface area (Å²) in [4.78, 5) is 14.1. The quantitative estimate of drug-likeness (QED) is 0.862. The minimum absolute atomic E-state index is 0.0507. The smallest absolute Gasteiger partial charge is 0.225 e. The first kappa shape index (κ1) is 13.4. The Labute approximate surface area is 118 Å². The lowest BCUT2D eigenvalue weighted by molar-refractivity contribution is -0.122. The van der Waals surface area contributed by atoms with Crippen LogP contribution in [0.1, 0.15) is 31.4 Å². The number of carbonyl (C=O) groups is 1. The molecule has 0 spiro atoms. The third-order valence-electron chi connectivity index (χ3n) is 4.39. The minimum atomic E-state index is -0.268. The molecule has 1 amide bonds. The van der Waals surface area contributed by atoms with E-state index in [4.69, 9.17) is 5.73 Å². The summed E-state index contributed by atoms with van der Waals surface area (Å²) in [6.45, 7) is 3.42. The fourth-order valence-corrected chi connectivity index (χ4v) is 3.40. The van der Waals surface area contributed by atoms with Gasteiger partial charge in [0.05, 0.1) is 12.0 Å². The summed E-state index contributed by atoms with van der Waals surface area (Å²) in [5.41, 5.74) is 7.75. The molecule has 108 valence electrons. The molecular formula is C15H20FN3O. The molecule has 0 aromatic heterocycles. The molecule has 2 saturated heterocycles. The zero-order chi connectivity index (χ0) is 14.3. The molecule has 2 unspecified atom stereocenters. The molecular weight excluding hydrogens is 257 g/mol. The number of rotatable bonds is 2. The summed E-state index contributed by atoms with van der Waals surface area (Å²) in [7, 11) is 0. The van der Waals surface area contributed by atoms with Gasteiger partial charge in [0.2, 0.25) is 5.91 Å². The van der Waals surface area contributed by atoms with Gasteiger partial charge in [0.1, 0.15) is 5.82 Å². The SMILES string of the molecule is C[C@@H](N)c1cc(F)ccc1N1CCCC2C(=O)NCC21. The zero-order valence-electron chi connectivity index (χ0n) is 11.6. The van der Waals surface area contributed by atoms with E-state index in [1.165, 1.54) is 12.1 Å². The number of nitrogens with two attached hydrogens (primary N) is 1. The van der Waals surface area contributed by atoms with E-state index >= 15 is 0 Å². The lowest BCUT2D eigenvalue weighted by atomic mass is 9.90. The second-order valence-electron chi connectivity index (χ2n) is 5.75. The highest BCUT2D eigenvalue weighted by Gasteiger charge is 2.41. The van der Waals surface area contributed by atoms with E-state index in [-0.39, 0.29) is 29.7 Å². The Morgan fingerprint density at radius 2 is 2.30 bits per heavy atom. The summed E-state index contributed by atoms with van der Waals surface area (Å²) in [6.07, 6.45) is 1.91. The summed E-state index contributed by atoms with van der Waals surface area (Å²) in [5.74, 6) is -0.0749. The van der Waals surface area contributed by atoms with E-state index in [9.17, 15) is 9.18 Å². The van der Waals surface area contributed by atoms with Gasteiger partial charge in [-0.1, -0.05) is 0 Å². The van der Waals surface area contributed by atoms with Crippen LogP contribution >= 0.6 is 0 Å². The van der Waals surface area contributed by atoms with E-state index in [1.807, 2.05) is 6.92 Å². The lowest BCUT2D eigenvalue weighted by Crippen LogP contribution is -2.46. The van der Waals surface area contributed by atoms with E-state index in [2.05, 4.69) is 10.2 Å². The number of halogens is 1. The third-order valence-corrected chi connectivity index (χ3v) is 4.39. The van der Waals surface area contributed by atoms with Crippen LogP contribution in [0.15, 0.2) is 18.2 Å². The first-order valence-corrected chi connectivity index (χ1v) is 7.17. The molecule has 3 atom stereocenters. The van der Waals surface area contributed by atoms with Crippen LogP contribution in [0, 0.1) is 11.7 Å². The van der Waals surface area contributed by atoms with Crippen molar-refractivity contribution < 1.29 is 9.18 Å². The highest BCUT2D eigenvalue weighted by atomic mass is 19.1. The van der Waals surface area contributed by atoms with Gasteiger partial charge < -0.3 is 16.0 Å². The summed E-state index contributed by atoms with van der Waals surface area (Å²) >= 11 is 0. The van der Waals surface area contributed by atoms with Crippen molar-refractivity contribution in [3.63, 3.8) is 0 Å². The van der Waals surface area contributed by atoms with E-state index in [0.717, 1.165) is 30.6 Å². The van der Waals surface area contributed by atoms with Gasteiger partial charge in [0.15, 0.2) is 0 Å². The number of carbonyl (C=O) groups excluding carboxylic acids is 1. The average molecular weight is 277 g/mol. The topological polar surface area (TPSA) is 58.4 Å². The molecule has 0 bridgehead atoms. The summed E-state index contributed by atoms with van der Waals surface area (Å²) in [5, 5.41) is 2.94. The molecule has 5 heteroatoms. The van der Waals surface area contributed by atoms with Gasteiger partial charge in [0, 0.05) is 24.8 Å². The Hall–Kier alpha value is -1.62. The largest absolute Gasteiger partial charge is 0.366 e. The van der Waals surface area contributed by atoms with Crippen LogP contribution in [-0.4, -0.2) is 25.0 Å². The average Bonchev–Trinajstić information content (AvgIpc) is 2.81. The number of hydrogen-bond donors (Lipinski definition) is 2. The highest BCUT2D eigenvalue weighted by Crippen LogP contribution is 2.35. The number of anilines is 1. The fraction of sp³-hybridized carbons (Fsp3) is 0.533. The summed E-state index contributed by atoms with van der Waals surface area (Å²) < 4.78 is 13.5. The van der Waals surface area contributed by atoms with Gasteiger partial charge in [-0.3, -0.25) is 4.79 Å². The van der Waals surface area contributed by atoms with Gasteiger partial charge in [-0.15, -0.1) is 0 Å². The molecule has 0 saturated carbocycles. The molecule has 3 rings (SSSR count). The van der Waals surface area contributed by atoms with Crippen LogP contribution in [0.4, 0.5) is 10.1 Å². The van der Waals surface area contributed by atoms with Crippen LogP contribution in [-0.2, 0) is 4.79 Å². The predicted molar refractivity (Wildman–Crippen MR) is 75.9 cm³/mol. The maximum absolute atomic E-state index is 13.5. The number of nitrogens with zero attached hydrogens (tertiary/aromatic N) is 1. The van der Waals surface area contributed by atoms with Crippen molar-refractivity contribution in [2.75, 3.05) is 18.0 Å². The lowest BCUT2D eigenvalue weighted by Gasteiger charge is -2.39. The van der Waals surface area contributed by atoms with Crippen LogP contribution in [0.25, 0.3) is 0 Å². The van der Waals surface area contributed by atoms with Gasteiger partial charge in [-0.05, 0) is 43.5 Å². The van der Waals surface area contributed by atoms with Gasteiger partial charge in [-0.25, -0.2) is 4.39 Å². The first-order valence-electron chi connectivity index (χ1n) is 7.17. The molecule has 4 nitrogen and oxygen atoms in total. The predicted octanol–water partition coefficient (Wildman–Crippen LogP) is 1.56. The number of piperidine rings is 1. The Balaban J connectivity index is 1.98. The Morgan fingerprint density at radius 1 is 1.50 bits per heavy atom. The molecule has 1 aromatic carbocycles. The van der Waals surface area contributed by atoms with Crippen molar-refractivity contribution in [2.24, 2.45) is 11.7 Å². The molecule has 1 aromatic rings. The monoisotopic (exact) mass is 277 g/mol. The standard InChI is InChI=1S/C15H20FN3O/c1-9(17)12-7-10(16)4-5-13(12)19-6-2-3-11-14(19)8-18-15(11)20/h4-5,7,9,11,14H,2-3,6,8,17H2,1H3,(H,18,20)/t9-,11?,14?/m1/s1. The van der Waals surface area contributed by atoms with Crippen LogP contribution in [0.2, 0.25) is 0 Å². The minimum Gasteiger partial charge on any atom is -0.366 e.